The largest absolute Gasteiger partial charge is 0.480 e. The van der Waals surface area contributed by atoms with Gasteiger partial charge in [-0.3, -0.25) is 10.1 Å². The van der Waals surface area contributed by atoms with E-state index >= 15 is 0 Å². The molecule has 4 aliphatic carbocycles. The highest BCUT2D eigenvalue weighted by atomic mass is 16.4. The fourth-order valence-corrected chi connectivity index (χ4v) is 5.49. The van der Waals surface area contributed by atoms with Gasteiger partial charge in [0.2, 0.25) is 0 Å². The molecule has 3 heteroatoms. The van der Waals surface area contributed by atoms with Crippen molar-refractivity contribution >= 4 is 5.97 Å². The Morgan fingerprint density at radius 2 is 1.62 bits per heavy atom. The Labute approximate surface area is 125 Å². The van der Waals surface area contributed by atoms with Crippen molar-refractivity contribution in [2.75, 3.05) is 0 Å². The number of benzene rings is 1. The first-order valence-electron chi connectivity index (χ1n) is 8.21. The Morgan fingerprint density at radius 3 is 2.14 bits per heavy atom. The number of carbonyl (C=O) groups is 1. The van der Waals surface area contributed by atoms with Gasteiger partial charge in [0.1, 0.15) is 5.54 Å². The topological polar surface area (TPSA) is 49.3 Å². The molecular formula is C18H23NO2. The summed E-state index contributed by atoms with van der Waals surface area (Å²) >= 11 is 0. The molecule has 4 fully saturated rings. The van der Waals surface area contributed by atoms with Crippen molar-refractivity contribution in [2.45, 2.75) is 44.2 Å². The van der Waals surface area contributed by atoms with Crippen LogP contribution in [0.5, 0.6) is 0 Å². The van der Waals surface area contributed by atoms with Crippen LogP contribution in [-0.2, 0) is 11.3 Å². The number of carboxylic acid groups (broad SMARTS) is 1. The van der Waals surface area contributed by atoms with Gasteiger partial charge in [-0.25, -0.2) is 0 Å². The van der Waals surface area contributed by atoms with Crippen molar-refractivity contribution < 1.29 is 9.90 Å². The van der Waals surface area contributed by atoms with Crippen molar-refractivity contribution in [1.29, 1.82) is 0 Å². The Morgan fingerprint density at radius 1 is 1.05 bits per heavy atom. The molecule has 5 rings (SSSR count). The molecule has 0 amide bonds. The molecule has 3 nitrogen and oxygen atoms in total. The number of aliphatic carboxylic acids is 1. The third-order valence-electron chi connectivity index (χ3n) is 6.21. The van der Waals surface area contributed by atoms with E-state index in [1.165, 1.54) is 12.0 Å². The average molecular weight is 285 g/mol. The highest BCUT2D eigenvalue weighted by Gasteiger charge is 2.61. The van der Waals surface area contributed by atoms with Gasteiger partial charge >= 0.3 is 5.97 Å². The predicted octanol–water partition coefficient (Wildman–Crippen LogP) is 3.06. The molecular weight excluding hydrogens is 262 g/mol. The van der Waals surface area contributed by atoms with Crippen LogP contribution in [0.2, 0.25) is 0 Å². The summed E-state index contributed by atoms with van der Waals surface area (Å²) in [4.78, 5) is 12.2. The van der Waals surface area contributed by atoms with Crippen molar-refractivity contribution in [2.24, 2.45) is 23.7 Å². The van der Waals surface area contributed by atoms with Gasteiger partial charge < -0.3 is 5.11 Å². The maximum absolute atomic E-state index is 12.2. The molecule has 4 bridgehead atoms. The van der Waals surface area contributed by atoms with Crippen LogP contribution in [0.1, 0.15) is 37.7 Å². The lowest BCUT2D eigenvalue weighted by atomic mass is 9.48. The van der Waals surface area contributed by atoms with Gasteiger partial charge in [0.15, 0.2) is 0 Å². The van der Waals surface area contributed by atoms with Crippen LogP contribution in [0.4, 0.5) is 0 Å². The molecule has 2 N–H and O–H groups in total. The Kier molecular flexibility index (Phi) is 3.07. The SMILES string of the molecule is O=C(O)C1(NCc2ccccc2)C2CC3CC(C2)CC1C3. The van der Waals surface area contributed by atoms with E-state index < -0.39 is 11.5 Å². The fourth-order valence-electron chi connectivity index (χ4n) is 5.49. The standard InChI is InChI=1S/C18H23NO2/c20-17(21)18(19-11-12-4-2-1-3-5-12)15-7-13-6-14(9-15)10-16(18)8-13/h1-5,13-16,19H,6-11H2,(H,20,21). The average Bonchev–Trinajstić information content (AvgIpc) is 2.47. The van der Waals surface area contributed by atoms with Crippen LogP contribution < -0.4 is 5.32 Å². The summed E-state index contributed by atoms with van der Waals surface area (Å²) in [5.74, 6) is 1.62. The van der Waals surface area contributed by atoms with Gasteiger partial charge in [-0.15, -0.1) is 0 Å². The van der Waals surface area contributed by atoms with Crippen LogP contribution in [0.15, 0.2) is 30.3 Å². The Balaban J connectivity index is 1.60. The molecule has 0 spiro atoms. The summed E-state index contributed by atoms with van der Waals surface area (Å²) in [6.07, 6.45) is 5.80. The molecule has 0 atom stereocenters. The maximum Gasteiger partial charge on any atom is 0.324 e. The second-order valence-electron chi connectivity index (χ2n) is 7.32. The van der Waals surface area contributed by atoms with E-state index in [0.717, 1.165) is 37.5 Å². The molecule has 0 aromatic heterocycles. The number of hydrogen-bond donors (Lipinski definition) is 2. The van der Waals surface area contributed by atoms with Gasteiger partial charge in [0.25, 0.3) is 0 Å². The zero-order valence-corrected chi connectivity index (χ0v) is 12.3. The Hall–Kier alpha value is -1.35. The number of carboxylic acids is 1. The highest BCUT2D eigenvalue weighted by molar-refractivity contribution is 5.80. The second kappa shape index (κ2) is 4.84. The molecule has 4 aliphatic rings. The van der Waals surface area contributed by atoms with Crippen molar-refractivity contribution in [3.8, 4) is 0 Å². The third kappa shape index (κ3) is 2.02. The zero-order valence-electron chi connectivity index (χ0n) is 12.3. The summed E-state index contributed by atoms with van der Waals surface area (Å²) in [7, 11) is 0. The van der Waals surface area contributed by atoms with E-state index in [-0.39, 0.29) is 0 Å². The lowest BCUT2D eigenvalue weighted by Gasteiger charge is -2.59. The van der Waals surface area contributed by atoms with E-state index in [0.29, 0.717) is 18.4 Å². The Bertz CT molecular complexity index is 511. The van der Waals surface area contributed by atoms with Crippen molar-refractivity contribution in [3.05, 3.63) is 35.9 Å². The summed E-state index contributed by atoms with van der Waals surface area (Å²) in [5, 5.41) is 13.5. The monoisotopic (exact) mass is 285 g/mol. The molecule has 0 unspecified atom stereocenters. The summed E-state index contributed by atoms with van der Waals surface area (Å²) in [5.41, 5.74) is 0.496. The van der Waals surface area contributed by atoms with E-state index in [1.54, 1.807) is 0 Å². The minimum Gasteiger partial charge on any atom is -0.480 e. The van der Waals surface area contributed by atoms with Crippen LogP contribution in [0.25, 0.3) is 0 Å². The van der Waals surface area contributed by atoms with Gasteiger partial charge in [0.05, 0.1) is 0 Å². The molecule has 0 radical (unpaired) electrons. The van der Waals surface area contributed by atoms with Crippen LogP contribution >= 0.6 is 0 Å². The van der Waals surface area contributed by atoms with Gasteiger partial charge in [-0.2, -0.15) is 0 Å². The number of hydrogen-bond acceptors (Lipinski definition) is 2. The number of nitrogens with one attached hydrogen (secondary N) is 1. The van der Waals surface area contributed by atoms with E-state index in [9.17, 15) is 9.90 Å². The van der Waals surface area contributed by atoms with E-state index in [4.69, 9.17) is 0 Å². The predicted molar refractivity (Wildman–Crippen MR) is 80.7 cm³/mol. The summed E-state index contributed by atoms with van der Waals surface area (Å²) in [6.45, 7) is 0.662. The molecule has 21 heavy (non-hydrogen) atoms. The van der Waals surface area contributed by atoms with Gasteiger partial charge in [-0.05, 0) is 61.3 Å². The smallest absolute Gasteiger partial charge is 0.324 e. The summed E-state index contributed by atoms with van der Waals surface area (Å²) < 4.78 is 0. The van der Waals surface area contributed by atoms with Crippen molar-refractivity contribution in [1.82, 2.24) is 5.32 Å². The first kappa shape index (κ1) is 13.3. The minimum absolute atomic E-state index is 0.329. The zero-order chi connectivity index (χ0) is 14.4. The molecule has 112 valence electrons. The normalized spacial score (nSPS) is 40.4. The molecule has 1 aromatic carbocycles. The first-order valence-corrected chi connectivity index (χ1v) is 8.21. The molecule has 0 heterocycles. The second-order valence-corrected chi connectivity index (χ2v) is 7.32. The van der Waals surface area contributed by atoms with Crippen LogP contribution in [0, 0.1) is 23.7 Å². The fraction of sp³-hybridized carbons (Fsp3) is 0.611. The quantitative estimate of drug-likeness (QED) is 0.894. The first-order chi connectivity index (χ1) is 10.2. The van der Waals surface area contributed by atoms with E-state index in [1.807, 2.05) is 18.2 Å². The van der Waals surface area contributed by atoms with Gasteiger partial charge in [0, 0.05) is 6.54 Å². The molecule has 1 aromatic rings. The highest BCUT2D eigenvalue weighted by Crippen LogP contribution is 2.58. The lowest BCUT2D eigenvalue weighted by Crippen LogP contribution is -2.68. The van der Waals surface area contributed by atoms with Crippen molar-refractivity contribution in [3.63, 3.8) is 0 Å². The summed E-state index contributed by atoms with van der Waals surface area (Å²) in [6, 6.07) is 10.2. The van der Waals surface area contributed by atoms with Gasteiger partial charge in [-0.1, -0.05) is 30.3 Å². The third-order valence-corrected chi connectivity index (χ3v) is 6.21. The minimum atomic E-state index is -0.677. The molecule has 4 saturated carbocycles. The molecule has 0 aliphatic heterocycles. The van der Waals surface area contributed by atoms with Crippen LogP contribution in [-0.4, -0.2) is 16.6 Å². The van der Waals surface area contributed by atoms with Crippen LogP contribution in [0.3, 0.4) is 0 Å². The van der Waals surface area contributed by atoms with E-state index in [2.05, 4.69) is 17.4 Å². The number of rotatable bonds is 4. The molecule has 0 saturated heterocycles. The maximum atomic E-state index is 12.2. The lowest BCUT2D eigenvalue weighted by molar-refractivity contribution is -0.165.